The van der Waals surface area contributed by atoms with Gasteiger partial charge in [0.2, 0.25) is 0 Å². The molecule has 0 unspecified atom stereocenters. The Morgan fingerprint density at radius 1 is 1.56 bits per heavy atom. The number of aliphatic hydroxyl groups is 1. The maximum Gasteiger partial charge on any atom is 0.309 e. The fraction of sp³-hybridized carbons (Fsp3) is 0.250. The predicted octanol–water partition coefficient (Wildman–Crippen LogP) is 1.89. The molecular weight excluding hydrogens is 211 g/mol. The van der Waals surface area contributed by atoms with Crippen LogP contribution in [0.4, 0.5) is 4.39 Å². The van der Waals surface area contributed by atoms with E-state index >= 15 is 0 Å². The molecule has 0 bridgehead atoms. The van der Waals surface area contributed by atoms with Crippen molar-refractivity contribution in [3.63, 3.8) is 0 Å². The molecule has 0 amide bonds. The molecule has 0 saturated heterocycles. The smallest absolute Gasteiger partial charge is 0.309 e. The molecule has 0 aromatic heterocycles. The molecule has 1 aromatic carbocycles. The fourth-order valence-electron chi connectivity index (χ4n) is 1.23. The first kappa shape index (κ1) is 12.4. The molecule has 3 nitrogen and oxygen atoms in total. The molecule has 0 aliphatic heterocycles. The Morgan fingerprint density at radius 3 is 2.94 bits per heavy atom. The number of halogens is 1. The molecule has 0 aliphatic carbocycles. The lowest BCUT2D eigenvalue weighted by atomic mass is 10.1. The zero-order valence-corrected chi connectivity index (χ0v) is 8.94. The van der Waals surface area contributed by atoms with E-state index in [-0.39, 0.29) is 24.8 Å². The minimum atomic E-state index is -0.380. The van der Waals surface area contributed by atoms with Crippen LogP contribution in [0.15, 0.2) is 24.3 Å². The van der Waals surface area contributed by atoms with Crippen molar-refractivity contribution in [2.75, 3.05) is 7.11 Å². The van der Waals surface area contributed by atoms with Crippen molar-refractivity contribution in [2.45, 2.75) is 13.0 Å². The second kappa shape index (κ2) is 6.02. The topological polar surface area (TPSA) is 46.5 Å². The van der Waals surface area contributed by atoms with E-state index in [1.807, 2.05) is 0 Å². The van der Waals surface area contributed by atoms with Crippen LogP contribution in [0.25, 0.3) is 6.08 Å². The Balaban J connectivity index is 2.79. The predicted molar refractivity (Wildman–Crippen MR) is 58.0 cm³/mol. The van der Waals surface area contributed by atoms with Gasteiger partial charge in [0.1, 0.15) is 5.82 Å². The molecule has 0 fully saturated rings. The van der Waals surface area contributed by atoms with Gasteiger partial charge in [-0.1, -0.05) is 18.2 Å². The van der Waals surface area contributed by atoms with Gasteiger partial charge >= 0.3 is 5.97 Å². The van der Waals surface area contributed by atoms with Crippen molar-refractivity contribution >= 4 is 12.0 Å². The number of aliphatic hydroxyl groups excluding tert-OH is 1. The fourth-order valence-corrected chi connectivity index (χ4v) is 1.23. The van der Waals surface area contributed by atoms with Crippen molar-refractivity contribution in [1.29, 1.82) is 0 Å². The summed E-state index contributed by atoms with van der Waals surface area (Å²) in [6, 6.07) is 4.09. The molecule has 4 heteroatoms. The number of methoxy groups -OCH3 is 1. The van der Waals surface area contributed by atoms with Crippen LogP contribution in [0.3, 0.4) is 0 Å². The molecule has 1 aromatic rings. The zero-order chi connectivity index (χ0) is 12.0. The Hall–Kier alpha value is -1.68. The average Bonchev–Trinajstić information content (AvgIpc) is 2.29. The second-order valence-electron chi connectivity index (χ2n) is 3.18. The van der Waals surface area contributed by atoms with Gasteiger partial charge in [-0.05, 0) is 23.3 Å². The molecule has 1 rings (SSSR count). The Kier molecular flexibility index (Phi) is 4.66. The van der Waals surface area contributed by atoms with E-state index in [9.17, 15) is 9.18 Å². The summed E-state index contributed by atoms with van der Waals surface area (Å²) in [6.07, 6.45) is 3.28. The highest BCUT2D eigenvalue weighted by molar-refractivity contribution is 5.72. The summed E-state index contributed by atoms with van der Waals surface area (Å²) in [6.45, 7) is -0.168. The monoisotopic (exact) mass is 224 g/mol. The van der Waals surface area contributed by atoms with Gasteiger partial charge in [0.15, 0.2) is 0 Å². The molecular formula is C12H13FO3. The number of hydrogen-bond donors (Lipinski definition) is 1. The van der Waals surface area contributed by atoms with Crippen LogP contribution in [0.2, 0.25) is 0 Å². The third-order valence-electron chi connectivity index (χ3n) is 2.09. The van der Waals surface area contributed by atoms with Crippen LogP contribution < -0.4 is 0 Å². The van der Waals surface area contributed by atoms with Crippen LogP contribution in [0.5, 0.6) is 0 Å². The number of carbonyl (C=O) groups excluding carboxylic acids is 1. The molecule has 0 radical (unpaired) electrons. The van der Waals surface area contributed by atoms with Crippen molar-refractivity contribution in [2.24, 2.45) is 0 Å². The zero-order valence-electron chi connectivity index (χ0n) is 8.94. The van der Waals surface area contributed by atoms with E-state index in [4.69, 9.17) is 5.11 Å². The van der Waals surface area contributed by atoms with Gasteiger partial charge in [-0.25, -0.2) is 4.39 Å². The highest BCUT2D eigenvalue weighted by Gasteiger charge is 2.00. The van der Waals surface area contributed by atoms with Gasteiger partial charge in [0, 0.05) is 0 Å². The second-order valence-corrected chi connectivity index (χ2v) is 3.18. The first-order valence-electron chi connectivity index (χ1n) is 4.80. The van der Waals surface area contributed by atoms with Crippen LogP contribution in [-0.2, 0) is 16.1 Å². The van der Waals surface area contributed by atoms with Gasteiger partial charge in [-0.2, -0.15) is 0 Å². The summed E-state index contributed by atoms with van der Waals surface area (Å²) in [5.41, 5.74) is 1.17. The Morgan fingerprint density at radius 2 is 2.31 bits per heavy atom. The Bertz CT molecular complexity index is 399. The quantitative estimate of drug-likeness (QED) is 0.794. The molecule has 0 heterocycles. The number of hydrogen-bond acceptors (Lipinski definition) is 3. The number of ether oxygens (including phenoxy) is 1. The molecule has 0 spiro atoms. The van der Waals surface area contributed by atoms with Gasteiger partial charge in [0.25, 0.3) is 0 Å². The van der Waals surface area contributed by atoms with E-state index in [0.29, 0.717) is 11.1 Å². The maximum atomic E-state index is 12.9. The summed E-state index contributed by atoms with van der Waals surface area (Å²) < 4.78 is 17.4. The minimum Gasteiger partial charge on any atom is -0.469 e. The lowest BCUT2D eigenvalue weighted by Crippen LogP contribution is -1.97. The molecule has 86 valence electrons. The summed E-state index contributed by atoms with van der Waals surface area (Å²) >= 11 is 0. The van der Waals surface area contributed by atoms with Gasteiger partial charge in [0.05, 0.1) is 20.1 Å². The average molecular weight is 224 g/mol. The third-order valence-corrected chi connectivity index (χ3v) is 2.09. The van der Waals surface area contributed by atoms with Crippen LogP contribution in [0, 0.1) is 5.82 Å². The summed E-state index contributed by atoms with van der Waals surface area (Å²) in [5.74, 6) is -0.742. The molecule has 16 heavy (non-hydrogen) atoms. The highest BCUT2D eigenvalue weighted by atomic mass is 19.1. The lowest BCUT2D eigenvalue weighted by molar-refractivity contribution is -0.139. The molecule has 1 N–H and O–H groups in total. The first-order valence-corrected chi connectivity index (χ1v) is 4.80. The number of carbonyl (C=O) groups is 1. The van der Waals surface area contributed by atoms with Crippen molar-refractivity contribution in [1.82, 2.24) is 0 Å². The molecule has 0 atom stereocenters. The van der Waals surface area contributed by atoms with Crippen molar-refractivity contribution in [3.05, 3.63) is 41.2 Å². The first-order chi connectivity index (χ1) is 7.67. The Labute approximate surface area is 93.2 Å². The van der Waals surface area contributed by atoms with Crippen LogP contribution in [-0.4, -0.2) is 18.2 Å². The van der Waals surface area contributed by atoms with Crippen molar-refractivity contribution < 1.29 is 19.0 Å². The van der Waals surface area contributed by atoms with E-state index in [1.165, 1.54) is 25.3 Å². The largest absolute Gasteiger partial charge is 0.469 e. The van der Waals surface area contributed by atoms with Gasteiger partial charge in [-0.3, -0.25) is 4.79 Å². The number of rotatable bonds is 4. The molecule has 0 saturated carbocycles. The standard InChI is InChI=1S/C12H13FO3/c1-16-12(15)4-2-3-9-7-11(13)6-5-10(9)8-14/h2-3,5-7,14H,4,8H2,1H3. The summed E-state index contributed by atoms with van der Waals surface area (Å²) in [5, 5.41) is 9.02. The van der Waals surface area contributed by atoms with E-state index in [2.05, 4.69) is 4.74 Å². The lowest BCUT2D eigenvalue weighted by Gasteiger charge is -2.02. The number of benzene rings is 1. The van der Waals surface area contributed by atoms with Crippen LogP contribution in [0.1, 0.15) is 17.5 Å². The number of esters is 1. The summed E-state index contributed by atoms with van der Waals surface area (Å²) in [4.78, 5) is 10.8. The SMILES string of the molecule is COC(=O)CC=Cc1cc(F)ccc1CO. The van der Waals surface area contributed by atoms with Crippen molar-refractivity contribution in [3.8, 4) is 0 Å². The van der Waals surface area contributed by atoms with E-state index < -0.39 is 0 Å². The highest BCUT2D eigenvalue weighted by Crippen LogP contribution is 2.13. The van der Waals surface area contributed by atoms with Gasteiger partial charge in [-0.15, -0.1) is 0 Å². The molecule has 0 aliphatic rings. The summed E-state index contributed by atoms with van der Waals surface area (Å²) in [7, 11) is 1.30. The minimum absolute atomic E-state index is 0.123. The maximum absolute atomic E-state index is 12.9. The van der Waals surface area contributed by atoms with Crippen LogP contribution >= 0.6 is 0 Å². The van der Waals surface area contributed by atoms with E-state index in [0.717, 1.165) is 0 Å². The van der Waals surface area contributed by atoms with Gasteiger partial charge < -0.3 is 9.84 Å². The van der Waals surface area contributed by atoms with E-state index in [1.54, 1.807) is 12.2 Å². The normalized spacial score (nSPS) is 10.7. The third kappa shape index (κ3) is 3.47.